The molecule has 0 spiro atoms. The second-order valence-electron chi connectivity index (χ2n) is 5.52. The highest BCUT2D eigenvalue weighted by Gasteiger charge is 2.12. The molecule has 0 aromatic heterocycles. The van der Waals surface area contributed by atoms with E-state index in [4.69, 9.17) is 0 Å². The molecule has 1 N–H and O–H groups in total. The van der Waals surface area contributed by atoms with Crippen molar-refractivity contribution in [1.82, 2.24) is 5.32 Å². The van der Waals surface area contributed by atoms with Gasteiger partial charge in [-0.2, -0.15) is 0 Å². The van der Waals surface area contributed by atoms with Gasteiger partial charge in [-0.05, 0) is 58.6 Å². The molecule has 0 atom stereocenters. The molecule has 1 amide bonds. The first kappa shape index (κ1) is 15.1. The van der Waals surface area contributed by atoms with Crippen LogP contribution >= 0.6 is 15.9 Å². The Kier molecular flexibility index (Phi) is 4.78. The zero-order valence-corrected chi connectivity index (χ0v) is 14.0. The summed E-state index contributed by atoms with van der Waals surface area (Å²) < 4.78 is 0.817. The molecule has 1 heterocycles. The predicted molar refractivity (Wildman–Crippen MR) is 93.2 cm³/mol. The van der Waals surface area contributed by atoms with Gasteiger partial charge in [0.05, 0.1) is 5.56 Å². The van der Waals surface area contributed by atoms with Crippen molar-refractivity contribution < 1.29 is 4.79 Å². The maximum absolute atomic E-state index is 12.2. The van der Waals surface area contributed by atoms with Gasteiger partial charge in [0, 0.05) is 29.8 Å². The lowest BCUT2D eigenvalue weighted by Gasteiger charge is -2.17. The summed E-state index contributed by atoms with van der Waals surface area (Å²) in [6, 6.07) is 15.9. The van der Waals surface area contributed by atoms with Gasteiger partial charge in [0.2, 0.25) is 0 Å². The normalized spacial score (nSPS) is 14.1. The molecule has 0 aliphatic carbocycles. The topological polar surface area (TPSA) is 32.3 Å². The fourth-order valence-corrected chi connectivity index (χ4v) is 3.19. The number of rotatable bonds is 4. The number of anilines is 1. The summed E-state index contributed by atoms with van der Waals surface area (Å²) in [5.74, 6) is -0.0592. The van der Waals surface area contributed by atoms with Gasteiger partial charge in [0.15, 0.2) is 0 Å². The van der Waals surface area contributed by atoms with Crippen LogP contribution in [0.4, 0.5) is 5.69 Å². The average molecular weight is 359 g/mol. The SMILES string of the molecule is O=C(NCc1ccc(N2CCCC2)cc1)c1ccccc1Br. The van der Waals surface area contributed by atoms with Crippen molar-refractivity contribution in [3.8, 4) is 0 Å². The first-order valence-electron chi connectivity index (χ1n) is 7.60. The summed E-state index contributed by atoms with van der Waals surface area (Å²) >= 11 is 3.40. The summed E-state index contributed by atoms with van der Waals surface area (Å²) in [4.78, 5) is 14.6. The van der Waals surface area contributed by atoms with E-state index < -0.39 is 0 Å². The van der Waals surface area contributed by atoms with Crippen molar-refractivity contribution in [3.63, 3.8) is 0 Å². The number of carbonyl (C=O) groups excluding carboxylic acids is 1. The van der Waals surface area contributed by atoms with Crippen molar-refractivity contribution in [3.05, 3.63) is 64.1 Å². The van der Waals surface area contributed by atoms with Crippen LogP contribution in [0.25, 0.3) is 0 Å². The molecule has 1 aliphatic rings. The van der Waals surface area contributed by atoms with Crippen LogP contribution in [0.3, 0.4) is 0 Å². The van der Waals surface area contributed by atoms with Gasteiger partial charge in [-0.1, -0.05) is 24.3 Å². The Morgan fingerprint density at radius 3 is 2.41 bits per heavy atom. The molecule has 22 heavy (non-hydrogen) atoms. The maximum atomic E-state index is 12.2. The summed E-state index contributed by atoms with van der Waals surface area (Å²) in [6.45, 7) is 2.84. The van der Waals surface area contributed by atoms with E-state index in [2.05, 4.69) is 50.4 Å². The third-order valence-electron chi connectivity index (χ3n) is 3.98. The van der Waals surface area contributed by atoms with E-state index in [1.54, 1.807) is 0 Å². The molecule has 0 unspecified atom stereocenters. The zero-order chi connectivity index (χ0) is 15.4. The molecule has 0 saturated carbocycles. The minimum Gasteiger partial charge on any atom is -0.372 e. The second kappa shape index (κ2) is 6.97. The molecule has 1 fully saturated rings. The van der Waals surface area contributed by atoms with Gasteiger partial charge < -0.3 is 10.2 Å². The van der Waals surface area contributed by atoms with Gasteiger partial charge in [-0.3, -0.25) is 4.79 Å². The van der Waals surface area contributed by atoms with Gasteiger partial charge in [0.1, 0.15) is 0 Å². The van der Waals surface area contributed by atoms with Crippen molar-refractivity contribution in [2.75, 3.05) is 18.0 Å². The molecule has 4 heteroatoms. The molecule has 0 radical (unpaired) electrons. The maximum Gasteiger partial charge on any atom is 0.252 e. The van der Waals surface area contributed by atoms with Crippen molar-refractivity contribution in [2.24, 2.45) is 0 Å². The van der Waals surface area contributed by atoms with Crippen molar-refractivity contribution in [1.29, 1.82) is 0 Å². The van der Waals surface area contributed by atoms with Crippen molar-refractivity contribution >= 4 is 27.5 Å². The molecule has 1 saturated heterocycles. The molecule has 2 aromatic rings. The second-order valence-corrected chi connectivity index (χ2v) is 6.38. The van der Waals surface area contributed by atoms with Gasteiger partial charge in [-0.25, -0.2) is 0 Å². The smallest absolute Gasteiger partial charge is 0.252 e. The summed E-state index contributed by atoms with van der Waals surface area (Å²) in [5, 5.41) is 2.96. The van der Waals surface area contributed by atoms with E-state index in [-0.39, 0.29) is 5.91 Å². The fourth-order valence-electron chi connectivity index (χ4n) is 2.72. The third kappa shape index (κ3) is 3.50. The summed E-state index contributed by atoms with van der Waals surface area (Å²) in [6.07, 6.45) is 2.56. The van der Waals surface area contributed by atoms with Gasteiger partial charge in [-0.15, -0.1) is 0 Å². The Morgan fingerprint density at radius 2 is 1.73 bits per heavy atom. The minimum absolute atomic E-state index is 0.0592. The number of nitrogens with zero attached hydrogens (tertiary/aromatic N) is 1. The molecule has 114 valence electrons. The quantitative estimate of drug-likeness (QED) is 0.896. The van der Waals surface area contributed by atoms with Crippen LogP contribution < -0.4 is 10.2 Å². The molecule has 2 aromatic carbocycles. The monoisotopic (exact) mass is 358 g/mol. The van der Waals surface area contributed by atoms with E-state index in [9.17, 15) is 4.79 Å². The molecule has 0 bridgehead atoms. The largest absolute Gasteiger partial charge is 0.372 e. The van der Waals surface area contributed by atoms with E-state index in [1.165, 1.54) is 18.5 Å². The van der Waals surface area contributed by atoms with Crippen LogP contribution in [0, 0.1) is 0 Å². The Bertz CT molecular complexity index is 648. The zero-order valence-electron chi connectivity index (χ0n) is 12.4. The molecular weight excluding hydrogens is 340 g/mol. The van der Waals surface area contributed by atoms with E-state index in [0.29, 0.717) is 12.1 Å². The Balaban J connectivity index is 1.59. The molecule has 1 aliphatic heterocycles. The van der Waals surface area contributed by atoms with Gasteiger partial charge >= 0.3 is 0 Å². The Morgan fingerprint density at radius 1 is 1.05 bits per heavy atom. The Hall–Kier alpha value is -1.81. The van der Waals surface area contributed by atoms with Crippen LogP contribution in [-0.4, -0.2) is 19.0 Å². The number of amides is 1. The minimum atomic E-state index is -0.0592. The highest BCUT2D eigenvalue weighted by Crippen LogP contribution is 2.20. The van der Waals surface area contributed by atoms with E-state index >= 15 is 0 Å². The van der Waals surface area contributed by atoms with Crippen LogP contribution in [0.2, 0.25) is 0 Å². The highest BCUT2D eigenvalue weighted by atomic mass is 79.9. The van der Waals surface area contributed by atoms with Crippen LogP contribution in [0.15, 0.2) is 53.0 Å². The van der Waals surface area contributed by atoms with Crippen LogP contribution in [0.5, 0.6) is 0 Å². The fraction of sp³-hybridized carbons (Fsp3) is 0.278. The number of halogens is 1. The molecular formula is C18H19BrN2O. The van der Waals surface area contributed by atoms with E-state index in [0.717, 1.165) is 23.1 Å². The number of benzene rings is 2. The van der Waals surface area contributed by atoms with E-state index in [1.807, 2.05) is 24.3 Å². The first-order chi connectivity index (χ1) is 10.7. The Labute approximate surface area is 139 Å². The molecule has 3 rings (SSSR count). The highest BCUT2D eigenvalue weighted by molar-refractivity contribution is 9.10. The summed E-state index contributed by atoms with van der Waals surface area (Å²) in [7, 11) is 0. The lowest BCUT2D eigenvalue weighted by molar-refractivity contribution is 0.0950. The predicted octanol–water partition coefficient (Wildman–Crippen LogP) is 3.98. The number of carbonyl (C=O) groups is 1. The van der Waals surface area contributed by atoms with Crippen LogP contribution in [-0.2, 0) is 6.54 Å². The van der Waals surface area contributed by atoms with Crippen molar-refractivity contribution in [2.45, 2.75) is 19.4 Å². The number of hydrogen-bond acceptors (Lipinski definition) is 2. The standard InChI is InChI=1S/C18H19BrN2O/c19-17-6-2-1-5-16(17)18(22)20-13-14-7-9-15(10-8-14)21-11-3-4-12-21/h1-2,5-10H,3-4,11-13H2,(H,20,22). The average Bonchev–Trinajstić information content (AvgIpc) is 3.08. The lowest BCUT2D eigenvalue weighted by atomic mass is 10.1. The van der Waals surface area contributed by atoms with Gasteiger partial charge in [0.25, 0.3) is 5.91 Å². The molecule has 3 nitrogen and oxygen atoms in total. The summed E-state index contributed by atoms with van der Waals surface area (Å²) in [5.41, 5.74) is 3.05. The number of hydrogen-bond donors (Lipinski definition) is 1. The number of nitrogens with one attached hydrogen (secondary N) is 1. The third-order valence-corrected chi connectivity index (χ3v) is 4.67. The van der Waals surface area contributed by atoms with Crippen LogP contribution in [0.1, 0.15) is 28.8 Å². The lowest BCUT2D eigenvalue weighted by Crippen LogP contribution is -2.23. The first-order valence-corrected chi connectivity index (χ1v) is 8.40.